The Labute approximate surface area is 273 Å². The van der Waals surface area contributed by atoms with Crippen molar-refractivity contribution in [2.45, 2.75) is 180 Å². The molecule has 0 aromatic rings. The van der Waals surface area contributed by atoms with E-state index in [0.29, 0.717) is 12.8 Å². The van der Waals surface area contributed by atoms with Gasteiger partial charge in [-0.25, -0.2) is 4.57 Å². The molecule has 0 spiro atoms. The van der Waals surface area contributed by atoms with Crippen LogP contribution in [0.15, 0.2) is 0 Å². The zero-order valence-electron chi connectivity index (χ0n) is 28.6. The van der Waals surface area contributed by atoms with Crippen molar-refractivity contribution < 1.29 is 47.8 Å². The van der Waals surface area contributed by atoms with Crippen LogP contribution in [0.3, 0.4) is 0 Å². The van der Waals surface area contributed by atoms with Gasteiger partial charge in [-0.15, -0.1) is 0 Å². The number of ether oxygens (including phenoxy) is 2. The third kappa shape index (κ3) is 31.3. The van der Waals surface area contributed by atoms with Gasteiger partial charge in [0.15, 0.2) is 6.10 Å². The Balaban J connectivity index is 4.34. The molecule has 0 aliphatic heterocycles. The van der Waals surface area contributed by atoms with Gasteiger partial charge in [0, 0.05) is 12.8 Å². The van der Waals surface area contributed by atoms with E-state index in [4.69, 9.17) is 19.1 Å². The van der Waals surface area contributed by atoms with Gasteiger partial charge in [-0.2, -0.15) is 0 Å². The number of esters is 2. The highest BCUT2D eigenvalue weighted by atomic mass is 31.2. The summed E-state index contributed by atoms with van der Waals surface area (Å²) in [6.45, 7) is 2.34. The van der Waals surface area contributed by atoms with Crippen molar-refractivity contribution in [3.05, 3.63) is 0 Å². The van der Waals surface area contributed by atoms with Gasteiger partial charge in [-0.05, 0) is 12.8 Å². The summed E-state index contributed by atoms with van der Waals surface area (Å²) < 4.78 is 32.4. The first-order valence-electron chi connectivity index (χ1n) is 18.0. The number of unbranched alkanes of at least 4 members (excludes halogenated alkanes) is 20. The second-order valence-electron chi connectivity index (χ2n) is 12.3. The summed E-state index contributed by atoms with van der Waals surface area (Å²) in [5.41, 5.74) is 0. The lowest BCUT2D eigenvalue weighted by atomic mass is 10.0. The molecule has 3 atom stereocenters. The molecule has 0 rings (SSSR count). The summed E-state index contributed by atoms with van der Waals surface area (Å²) in [5.74, 6) is -0.922. The molecule has 0 saturated carbocycles. The molecule has 0 bridgehead atoms. The number of hydrogen-bond donors (Lipinski definition) is 3. The standard InChI is InChI=1S/C34H67O10P/c1-3-5-7-9-11-13-14-15-16-17-18-20-22-24-26-34(38)44-32(30-43-45(39,40)42-28-31(36)27-35)29-41-33(37)25-23-21-19-12-10-8-6-4-2/h31-32,35-36H,3-30H2,1-2H3,(H,39,40). The predicted octanol–water partition coefficient (Wildman–Crippen LogP) is 8.33. The minimum Gasteiger partial charge on any atom is -0.462 e. The molecule has 45 heavy (non-hydrogen) atoms. The maximum absolute atomic E-state index is 12.5. The molecule has 0 aromatic carbocycles. The van der Waals surface area contributed by atoms with Crippen molar-refractivity contribution >= 4 is 19.8 Å². The van der Waals surface area contributed by atoms with Crippen LogP contribution in [0.2, 0.25) is 0 Å². The summed E-state index contributed by atoms with van der Waals surface area (Å²) in [4.78, 5) is 34.6. The molecule has 3 N–H and O–H groups in total. The van der Waals surface area contributed by atoms with E-state index >= 15 is 0 Å². The summed E-state index contributed by atoms with van der Waals surface area (Å²) in [5, 5.41) is 18.2. The van der Waals surface area contributed by atoms with Crippen LogP contribution < -0.4 is 0 Å². The summed E-state index contributed by atoms with van der Waals surface area (Å²) in [6, 6.07) is 0. The fraction of sp³-hybridized carbons (Fsp3) is 0.941. The molecule has 268 valence electrons. The van der Waals surface area contributed by atoms with Crippen LogP contribution in [0.25, 0.3) is 0 Å². The third-order valence-electron chi connectivity index (χ3n) is 7.76. The van der Waals surface area contributed by atoms with Crippen LogP contribution in [0.1, 0.15) is 168 Å². The molecule has 0 heterocycles. The molecule has 0 fully saturated rings. The molecule has 0 saturated heterocycles. The molecule has 3 unspecified atom stereocenters. The highest BCUT2D eigenvalue weighted by Gasteiger charge is 2.27. The molecule has 10 nitrogen and oxygen atoms in total. The van der Waals surface area contributed by atoms with Crippen LogP contribution in [-0.4, -0.2) is 65.7 Å². The van der Waals surface area contributed by atoms with E-state index in [0.717, 1.165) is 38.5 Å². The van der Waals surface area contributed by atoms with Crippen LogP contribution in [0.4, 0.5) is 0 Å². The van der Waals surface area contributed by atoms with Gasteiger partial charge in [0.05, 0.1) is 19.8 Å². The lowest BCUT2D eigenvalue weighted by Crippen LogP contribution is -2.29. The Morgan fingerprint density at radius 2 is 0.956 bits per heavy atom. The Kier molecular flexibility index (Phi) is 30.8. The number of aliphatic hydroxyl groups is 2. The summed E-state index contributed by atoms with van der Waals surface area (Å²) in [7, 11) is -4.60. The van der Waals surface area contributed by atoms with E-state index in [1.807, 2.05) is 0 Å². The minimum absolute atomic E-state index is 0.191. The second-order valence-corrected chi connectivity index (χ2v) is 13.7. The fourth-order valence-corrected chi connectivity index (χ4v) is 5.72. The van der Waals surface area contributed by atoms with E-state index < -0.39 is 51.8 Å². The van der Waals surface area contributed by atoms with Crippen LogP contribution in [0, 0.1) is 0 Å². The van der Waals surface area contributed by atoms with Gasteiger partial charge in [0.2, 0.25) is 0 Å². The first-order valence-corrected chi connectivity index (χ1v) is 19.5. The maximum atomic E-state index is 12.5. The first-order chi connectivity index (χ1) is 21.7. The minimum atomic E-state index is -4.60. The number of phosphoric acid groups is 1. The average molecular weight is 667 g/mol. The molecule has 0 aromatic heterocycles. The van der Waals surface area contributed by atoms with Crippen molar-refractivity contribution in [2.24, 2.45) is 0 Å². The highest BCUT2D eigenvalue weighted by Crippen LogP contribution is 2.43. The van der Waals surface area contributed by atoms with Gasteiger partial charge in [-0.1, -0.05) is 142 Å². The molecule has 11 heteroatoms. The summed E-state index contributed by atoms with van der Waals surface area (Å²) >= 11 is 0. The van der Waals surface area contributed by atoms with E-state index in [-0.39, 0.29) is 19.4 Å². The molecular weight excluding hydrogens is 599 g/mol. The van der Waals surface area contributed by atoms with E-state index in [1.165, 1.54) is 89.9 Å². The topological polar surface area (TPSA) is 149 Å². The van der Waals surface area contributed by atoms with Crippen molar-refractivity contribution in [1.82, 2.24) is 0 Å². The zero-order chi connectivity index (χ0) is 33.4. The van der Waals surface area contributed by atoms with E-state index in [9.17, 15) is 24.2 Å². The van der Waals surface area contributed by atoms with Gasteiger partial charge in [0.25, 0.3) is 0 Å². The Morgan fingerprint density at radius 1 is 0.578 bits per heavy atom. The van der Waals surface area contributed by atoms with Crippen LogP contribution in [0.5, 0.6) is 0 Å². The number of phosphoric ester groups is 1. The number of carbonyl (C=O) groups excluding carboxylic acids is 2. The van der Waals surface area contributed by atoms with Crippen LogP contribution >= 0.6 is 7.82 Å². The smallest absolute Gasteiger partial charge is 0.462 e. The van der Waals surface area contributed by atoms with E-state index in [1.54, 1.807) is 0 Å². The SMILES string of the molecule is CCCCCCCCCCCCCCCCC(=O)OC(COC(=O)CCCCCCCCCC)COP(=O)(O)OCC(O)CO. The van der Waals surface area contributed by atoms with Crippen molar-refractivity contribution in [1.29, 1.82) is 0 Å². The number of aliphatic hydroxyl groups excluding tert-OH is 2. The van der Waals surface area contributed by atoms with Crippen molar-refractivity contribution in [3.8, 4) is 0 Å². The maximum Gasteiger partial charge on any atom is 0.472 e. The Hall–Kier alpha value is -1.03. The molecule has 0 amide bonds. The Bertz CT molecular complexity index is 736. The van der Waals surface area contributed by atoms with Gasteiger partial charge in [-0.3, -0.25) is 18.6 Å². The van der Waals surface area contributed by atoms with Crippen LogP contribution in [-0.2, 0) is 32.7 Å². The normalized spacial score (nSPS) is 14.2. The number of hydrogen-bond acceptors (Lipinski definition) is 9. The summed E-state index contributed by atoms with van der Waals surface area (Å²) in [6.07, 6.45) is 23.7. The van der Waals surface area contributed by atoms with Gasteiger partial charge < -0.3 is 24.6 Å². The third-order valence-corrected chi connectivity index (χ3v) is 8.71. The largest absolute Gasteiger partial charge is 0.472 e. The first kappa shape index (κ1) is 44.0. The highest BCUT2D eigenvalue weighted by molar-refractivity contribution is 7.47. The predicted molar refractivity (Wildman–Crippen MR) is 178 cm³/mol. The van der Waals surface area contributed by atoms with E-state index in [2.05, 4.69) is 18.4 Å². The lowest BCUT2D eigenvalue weighted by molar-refractivity contribution is -0.161. The van der Waals surface area contributed by atoms with Gasteiger partial charge in [0.1, 0.15) is 12.7 Å². The zero-order valence-corrected chi connectivity index (χ0v) is 29.5. The number of rotatable bonds is 34. The molecule has 0 aliphatic carbocycles. The number of carbonyl (C=O) groups is 2. The van der Waals surface area contributed by atoms with Crippen molar-refractivity contribution in [3.63, 3.8) is 0 Å². The molecule has 0 radical (unpaired) electrons. The van der Waals surface area contributed by atoms with Crippen molar-refractivity contribution in [2.75, 3.05) is 26.4 Å². The molecular formula is C34H67O10P. The Morgan fingerprint density at radius 3 is 1.38 bits per heavy atom. The molecule has 0 aliphatic rings. The average Bonchev–Trinajstić information content (AvgIpc) is 3.02. The quantitative estimate of drug-likeness (QED) is 0.0348. The monoisotopic (exact) mass is 666 g/mol. The fourth-order valence-electron chi connectivity index (χ4n) is 4.93. The van der Waals surface area contributed by atoms with Gasteiger partial charge >= 0.3 is 19.8 Å². The lowest BCUT2D eigenvalue weighted by Gasteiger charge is -2.20. The second kappa shape index (κ2) is 31.6.